The molecule has 6 nitrogen and oxygen atoms in total. The molecule has 6 heteroatoms. The Kier molecular flexibility index (Phi) is 9.54. The van der Waals surface area contributed by atoms with E-state index in [1.807, 2.05) is 44.2 Å². The molecule has 1 aromatic carbocycles. The first kappa shape index (κ1) is 23.6. The molecule has 0 unspecified atom stereocenters. The van der Waals surface area contributed by atoms with Crippen LogP contribution >= 0.6 is 0 Å². The van der Waals surface area contributed by atoms with Gasteiger partial charge in [-0.3, -0.25) is 9.78 Å². The van der Waals surface area contributed by atoms with Crippen LogP contribution in [-0.2, 0) is 34.7 Å². The van der Waals surface area contributed by atoms with Crippen molar-refractivity contribution in [2.45, 2.75) is 52.7 Å². The lowest BCUT2D eigenvalue weighted by atomic mass is 9.99. The summed E-state index contributed by atoms with van der Waals surface area (Å²) in [6, 6.07) is 9.52. The van der Waals surface area contributed by atoms with E-state index in [2.05, 4.69) is 22.9 Å². The number of hydrogen-bond donors (Lipinski definition) is 0. The third-order valence-electron chi connectivity index (χ3n) is 2.68. The van der Waals surface area contributed by atoms with Crippen LogP contribution in [0.25, 0.3) is 0 Å². The summed E-state index contributed by atoms with van der Waals surface area (Å²) in [5.41, 5.74) is 0.126. The molecule has 0 radical (unpaired) electrons. The minimum absolute atomic E-state index is 0.328. The van der Waals surface area contributed by atoms with Gasteiger partial charge in [0.1, 0.15) is 11.2 Å². The second-order valence-electron chi connectivity index (χ2n) is 6.91. The van der Waals surface area contributed by atoms with Crippen LogP contribution in [0.4, 0.5) is 0 Å². The van der Waals surface area contributed by atoms with Gasteiger partial charge in [0.2, 0.25) is 0 Å². The third kappa shape index (κ3) is 10.4. The fourth-order valence-corrected chi connectivity index (χ4v) is 1.30. The predicted octanol–water partition coefficient (Wildman–Crippen LogP) is 4.42. The molecule has 0 fully saturated rings. The standard InChI is InChI=1S/C12H14O3.C8H14O3/c1-4-11(13)14-15-12(2,3)10-8-6-5-7-9-10;1-6(2)7(9)10-11-8(3,4)5/h4-9H,1H2,2-3H3;1H2,2-5H3. The molecule has 0 aliphatic rings. The second kappa shape index (κ2) is 10.5. The largest absolute Gasteiger partial charge is 0.368 e. The highest BCUT2D eigenvalue weighted by Gasteiger charge is 2.24. The zero-order chi connectivity index (χ0) is 20.4. The van der Waals surface area contributed by atoms with E-state index in [1.165, 1.54) is 0 Å². The van der Waals surface area contributed by atoms with Gasteiger partial charge >= 0.3 is 11.9 Å². The molecule has 0 amide bonds. The Bertz CT molecular complexity index is 611. The lowest BCUT2D eigenvalue weighted by Gasteiger charge is -2.22. The van der Waals surface area contributed by atoms with E-state index in [-0.39, 0.29) is 0 Å². The zero-order valence-corrected chi connectivity index (χ0v) is 16.3. The Morgan fingerprint density at radius 1 is 0.962 bits per heavy atom. The van der Waals surface area contributed by atoms with Crippen molar-refractivity contribution >= 4 is 11.9 Å². The van der Waals surface area contributed by atoms with Crippen LogP contribution in [0.2, 0.25) is 0 Å². The molecule has 0 atom stereocenters. The molecule has 144 valence electrons. The Morgan fingerprint density at radius 3 is 1.92 bits per heavy atom. The van der Waals surface area contributed by atoms with Gasteiger partial charge in [-0.15, -0.1) is 0 Å². The summed E-state index contributed by atoms with van der Waals surface area (Å²) >= 11 is 0. The minimum atomic E-state index is -0.667. The molecule has 0 N–H and O–H groups in total. The summed E-state index contributed by atoms with van der Waals surface area (Å²) < 4.78 is 0. The Labute approximate surface area is 155 Å². The van der Waals surface area contributed by atoms with Crippen LogP contribution in [-0.4, -0.2) is 17.5 Å². The molecule has 1 rings (SSSR count). The van der Waals surface area contributed by atoms with Crippen LogP contribution in [0.15, 0.2) is 55.1 Å². The fourth-order valence-electron chi connectivity index (χ4n) is 1.30. The van der Waals surface area contributed by atoms with Gasteiger partial charge in [-0.05, 0) is 47.1 Å². The van der Waals surface area contributed by atoms with E-state index in [1.54, 1.807) is 27.7 Å². The maximum atomic E-state index is 10.8. The maximum Gasteiger partial charge on any atom is 0.368 e. The summed E-state index contributed by atoms with van der Waals surface area (Å²) in [7, 11) is 0. The quantitative estimate of drug-likeness (QED) is 0.423. The van der Waals surface area contributed by atoms with Crippen molar-refractivity contribution in [3.8, 4) is 0 Å². The molecule has 0 spiro atoms. The van der Waals surface area contributed by atoms with Gasteiger partial charge in [0, 0.05) is 11.6 Å². The molecule has 0 bridgehead atoms. The smallest absolute Gasteiger partial charge is 0.293 e. The third-order valence-corrected chi connectivity index (χ3v) is 2.68. The fraction of sp³-hybridized carbons (Fsp3) is 0.400. The molecule has 0 aromatic heterocycles. The van der Waals surface area contributed by atoms with E-state index < -0.39 is 23.1 Å². The van der Waals surface area contributed by atoms with Gasteiger partial charge in [-0.1, -0.05) is 43.5 Å². The number of rotatable bonds is 6. The SMILES string of the molecule is C=C(C)C(=O)OOC(C)(C)C.C=CC(=O)OOC(C)(C)c1ccccc1. The van der Waals surface area contributed by atoms with E-state index in [0.717, 1.165) is 11.6 Å². The highest BCUT2D eigenvalue weighted by Crippen LogP contribution is 2.24. The summed E-state index contributed by atoms with van der Waals surface area (Å²) in [4.78, 5) is 40.3. The van der Waals surface area contributed by atoms with Gasteiger partial charge in [0.05, 0.1) is 0 Å². The summed E-state index contributed by atoms with van der Waals surface area (Å²) in [6.45, 7) is 17.3. The van der Waals surface area contributed by atoms with Gasteiger partial charge in [-0.25, -0.2) is 9.59 Å². The molecule has 0 saturated carbocycles. The first-order chi connectivity index (χ1) is 11.9. The van der Waals surface area contributed by atoms with Crippen molar-refractivity contribution in [3.05, 3.63) is 60.7 Å². The van der Waals surface area contributed by atoms with Crippen LogP contribution < -0.4 is 0 Å². The van der Waals surface area contributed by atoms with Crippen LogP contribution in [0, 0.1) is 0 Å². The predicted molar refractivity (Wildman–Crippen MR) is 98.6 cm³/mol. The first-order valence-corrected chi connectivity index (χ1v) is 8.02. The number of hydrogen-bond acceptors (Lipinski definition) is 6. The molecule has 26 heavy (non-hydrogen) atoms. The monoisotopic (exact) mass is 364 g/mol. The highest BCUT2D eigenvalue weighted by atomic mass is 17.2. The number of carbonyl (C=O) groups excluding carboxylic acids is 2. The second-order valence-corrected chi connectivity index (χ2v) is 6.91. The van der Waals surface area contributed by atoms with Crippen LogP contribution in [0.1, 0.15) is 47.1 Å². The lowest BCUT2D eigenvalue weighted by molar-refractivity contribution is -0.326. The summed E-state index contributed by atoms with van der Waals surface area (Å²) in [5, 5.41) is 0. The van der Waals surface area contributed by atoms with Gasteiger partial charge in [0.25, 0.3) is 0 Å². The minimum Gasteiger partial charge on any atom is -0.293 e. The van der Waals surface area contributed by atoms with Crippen LogP contribution in [0.5, 0.6) is 0 Å². The molecule has 0 saturated heterocycles. The van der Waals surface area contributed by atoms with E-state index in [0.29, 0.717) is 5.57 Å². The maximum absolute atomic E-state index is 10.8. The number of benzene rings is 1. The van der Waals surface area contributed by atoms with Crippen molar-refractivity contribution < 1.29 is 29.1 Å². The molecule has 1 aromatic rings. The highest BCUT2D eigenvalue weighted by molar-refractivity contribution is 5.86. The number of carbonyl (C=O) groups is 2. The van der Waals surface area contributed by atoms with Crippen molar-refractivity contribution in [3.63, 3.8) is 0 Å². The van der Waals surface area contributed by atoms with E-state index >= 15 is 0 Å². The molecule has 0 heterocycles. The van der Waals surface area contributed by atoms with Crippen molar-refractivity contribution in [1.82, 2.24) is 0 Å². The average Bonchev–Trinajstić information content (AvgIpc) is 2.58. The van der Waals surface area contributed by atoms with Crippen molar-refractivity contribution in [1.29, 1.82) is 0 Å². The molecule has 0 aliphatic heterocycles. The van der Waals surface area contributed by atoms with Gasteiger partial charge in [0.15, 0.2) is 0 Å². The van der Waals surface area contributed by atoms with E-state index in [4.69, 9.17) is 9.78 Å². The topological polar surface area (TPSA) is 71.1 Å². The van der Waals surface area contributed by atoms with Crippen molar-refractivity contribution in [2.24, 2.45) is 0 Å². The molecule has 0 aliphatic carbocycles. The molecular weight excluding hydrogens is 336 g/mol. The lowest BCUT2D eigenvalue weighted by Crippen LogP contribution is -2.23. The normalized spacial score (nSPS) is 10.8. The Balaban J connectivity index is 0.000000508. The van der Waals surface area contributed by atoms with Gasteiger partial charge in [-0.2, -0.15) is 9.78 Å². The Hall–Kier alpha value is -2.44. The van der Waals surface area contributed by atoms with Gasteiger partial charge < -0.3 is 0 Å². The zero-order valence-electron chi connectivity index (χ0n) is 16.3. The Morgan fingerprint density at radius 2 is 1.50 bits per heavy atom. The molecular formula is C20H28O6. The first-order valence-electron chi connectivity index (χ1n) is 8.02. The van der Waals surface area contributed by atoms with Crippen LogP contribution in [0.3, 0.4) is 0 Å². The summed E-state index contributed by atoms with van der Waals surface area (Å²) in [5.74, 6) is -1.13. The van der Waals surface area contributed by atoms with E-state index in [9.17, 15) is 9.59 Å². The van der Waals surface area contributed by atoms with Crippen molar-refractivity contribution in [2.75, 3.05) is 0 Å². The summed E-state index contributed by atoms with van der Waals surface area (Å²) in [6.07, 6.45) is 1.06. The average molecular weight is 364 g/mol.